The molecule has 2 heterocycles. The number of amides is 2. The normalized spacial score (nSPS) is 16.1. The van der Waals surface area contributed by atoms with Crippen molar-refractivity contribution in [3.05, 3.63) is 82.0 Å². The molecule has 0 spiro atoms. The smallest absolute Gasteiger partial charge is 0.350 e. The summed E-state index contributed by atoms with van der Waals surface area (Å²) in [7, 11) is -3.77. The highest BCUT2D eigenvalue weighted by Crippen LogP contribution is 2.39. The van der Waals surface area contributed by atoms with Crippen molar-refractivity contribution < 1.29 is 44.3 Å². The molecular formula is C27H25F6N5O4S. The predicted molar refractivity (Wildman–Crippen MR) is 141 cm³/mol. The molecule has 2 N–H and O–H groups in total. The molecule has 3 aromatic rings. The minimum absolute atomic E-state index is 0.0137. The van der Waals surface area contributed by atoms with Gasteiger partial charge in [-0.3, -0.25) is 9.59 Å². The van der Waals surface area contributed by atoms with Gasteiger partial charge in [0.15, 0.2) is 5.69 Å². The van der Waals surface area contributed by atoms with E-state index in [2.05, 4.69) is 10.4 Å². The Morgan fingerprint density at radius 2 is 1.65 bits per heavy atom. The highest BCUT2D eigenvalue weighted by atomic mass is 32.2. The van der Waals surface area contributed by atoms with Crippen LogP contribution in [-0.2, 0) is 35.5 Å². The second kappa shape index (κ2) is 10.9. The van der Waals surface area contributed by atoms with E-state index in [1.165, 1.54) is 48.2 Å². The summed E-state index contributed by atoms with van der Waals surface area (Å²) >= 11 is 0. The van der Waals surface area contributed by atoms with Crippen LogP contribution in [0.25, 0.3) is 0 Å². The zero-order chi connectivity index (χ0) is 31.3. The van der Waals surface area contributed by atoms with Crippen LogP contribution >= 0.6 is 0 Å². The van der Waals surface area contributed by atoms with E-state index in [0.717, 1.165) is 16.8 Å². The fourth-order valence-electron chi connectivity index (χ4n) is 4.80. The summed E-state index contributed by atoms with van der Waals surface area (Å²) in [5.74, 6) is -2.10. The highest BCUT2D eigenvalue weighted by molar-refractivity contribution is 7.91. The van der Waals surface area contributed by atoms with E-state index >= 15 is 0 Å². The van der Waals surface area contributed by atoms with Crippen molar-refractivity contribution >= 4 is 27.7 Å². The Bertz CT molecular complexity index is 1660. The fraction of sp³-hybridized carbons (Fsp3) is 0.370. The monoisotopic (exact) mass is 629 g/mol. The Kier molecular flexibility index (Phi) is 7.69. The van der Waals surface area contributed by atoms with E-state index < -0.39 is 62.3 Å². The number of benzene rings is 2. The second-order valence-electron chi connectivity index (χ2n) is 10.4. The first-order valence-electron chi connectivity index (χ1n) is 13.1. The van der Waals surface area contributed by atoms with Crippen LogP contribution in [-0.4, -0.2) is 41.8 Å². The highest BCUT2D eigenvalue weighted by Gasteiger charge is 2.44. The Hall–Kier alpha value is -4.08. The second-order valence-corrected chi connectivity index (χ2v) is 12.3. The summed E-state index contributed by atoms with van der Waals surface area (Å²) in [5, 5.41) is 5.51. The van der Waals surface area contributed by atoms with Gasteiger partial charge < -0.3 is 10.2 Å². The first-order chi connectivity index (χ1) is 20.0. The number of carbonyl (C=O) groups is 2. The lowest BCUT2D eigenvalue weighted by Gasteiger charge is -2.21. The van der Waals surface area contributed by atoms with Gasteiger partial charge in [0.05, 0.1) is 23.4 Å². The average molecular weight is 630 g/mol. The van der Waals surface area contributed by atoms with Crippen molar-refractivity contribution in [3.63, 3.8) is 0 Å². The van der Waals surface area contributed by atoms with Gasteiger partial charge in [0.1, 0.15) is 11.4 Å². The number of nitrogens with zero attached hydrogens (tertiary/aromatic N) is 3. The summed E-state index contributed by atoms with van der Waals surface area (Å²) in [6.45, 7) is 1.41. The Morgan fingerprint density at radius 3 is 2.26 bits per heavy atom. The van der Waals surface area contributed by atoms with E-state index in [9.17, 15) is 44.3 Å². The number of hydrogen-bond acceptors (Lipinski definition) is 6. The standard InChI is InChI=1S/C27H25F6N5O4S/c1-15(17-5-7-18(8-6-17)23(39)36-43(41,42)20-9-10-20)34-24(40)21-22(27(31,32)33)35-38-12-11-37(25(21)38)14-16-3-2-4-19(13-16)26(28,29)30/h2-8,13,15,20H,9-12,14H2,1H3,(H,34,40)(H,36,39). The Labute approximate surface area is 241 Å². The minimum atomic E-state index is -5.00. The minimum Gasteiger partial charge on any atom is -0.350 e. The number of carbonyl (C=O) groups excluding carboxylic acids is 2. The number of sulfonamides is 1. The number of fused-ring (bicyclic) bond motifs is 1. The van der Waals surface area contributed by atoms with Crippen molar-refractivity contribution in [2.24, 2.45) is 0 Å². The van der Waals surface area contributed by atoms with Crippen LogP contribution in [0.2, 0.25) is 0 Å². The van der Waals surface area contributed by atoms with Crippen molar-refractivity contribution in [1.29, 1.82) is 0 Å². The van der Waals surface area contributed by atoms with E-state index in [1.807, 2.05) is 4.72 Å². The van der Waals surface area contributed by atoms with Crippen LogP contribution in [0.5, 0.6) is 0 Å². The summed E-state index contributed by atoms with van der Waals surface area (Å²) in [6.07, 6.45) is -8.66. The number of halogens is 6. The van der Waals surface area contributed by atoms with Gasteiger partial charge in [-0.2, -0.15) is 31.4 Å². The van der Waals surface area contributed by atoms with Crippen molar-refractivity contribution in [3.8, 4) is 0 Å². The van der Waals surface area contributed by atoms with Gasteiger partial charge in [0, 0.05) is 18.7 Å². The molecule has 1 atom stereocenters. The molecule has 9 nitrogen and oxygen atoms in total. The zero-order valence-corrected chi connectivity index (χ0v) is 23.3. The lowest BCUT2D eigenvalue weighted by molar-refractivity contribution is -0.142. The van der Waals surface area contributed by atoms with E-state index in [1.54, 1.807) is 0 Å². The van der Waals surface area contributed by atoms with Gasteiger partial charge in [-0.25, -0.2) is 17.8 Å². The molecule has 1 aromatic heterocycles. The Balaban J connectivity index is 1.36. The molecule has 16 heteroatoms. The first-order valence-corrected chi connectivity index (χ1v) is 14.6. The molecular weight excluding hydrogens is 604 g/mol. The number of anilines is 1. The molecule has 1 fully saturated rings. The van der Waals surface area contributed by atoms with Crippen molar-refractivity contribution in [1.82, 2.24) is 19.8 Å². The molecule has 43 heavy (non-hydrogen) atoms. The average Bonchev–Trinajstić information content (AvgIpc) is 3.62. The van der Waals surface area contributed by atoms with Crippen molar-refractivity contribution in [2.45, 2.75) is 56.5 Å². The van der Waals surface area contributed by atoms with Gasteiger partial charge in [0.2, 0.25) is 10.0 Å². The number of hydrogen-bond donors (Lipinski definition) is 2. The van der Waals surface area contributed by atoms with E-state index in [-0.39, 0.29) is 36.6 Å². The summed E-state index contributed by atoms with van der Waals surface area (Å²) in [6, 6.07) is 9.04. The molecule has 2 amide bonds. The SMILES string of the molecule is CC(NC(=O)c1c(C(F)(F)F)nn2c1N(Cc1cccc(C(F)(F)F)c1)CC2)c1ccc(C(=O)NS(=O)(=O)C2CC2)cc1. The molecule has 5 rings (SSSR count). The maximum absolute atomic E-state index is 14.0. The first kappa shape index (κ1) is 30.4. The molecule has 2 aliphatic rings. The quantitative estimate of drug-likeness (QED) is 0.351. The topological polar surface area (TPSA) is 113 Å². The van der Waals surface area contributed by atoms with E-state index in [4.69, 9.17) is 0 Å². The predicted octanol–water partition coefficient (Wildman–Crippen LogP) is 4.65. The lowest BCUT2D eigenvalue weighted by Crippen LogP contribution is -2.33. The maximum Gasteiger partial charge on any atom is 0.436 e. The largest absolute Gasteiger partial charge is 0.436 e. The molecule has 1 aliphatic heterocycles. The molecule has 1 aliphatic carbocycles. The number of nitrogens with one attached hydrogen (secondary N) is 2. The van der Waals surface area contributed by atoms with Crippen LogP contribution in [0.3, 0.4) is 0 Å². The van der Waals surface area contributed by atoms with Crippen LogP contribution < -0.4 is 14.9 Å². The molecule has 0 bridgehead atoms. The molecule has 0 radical (unpaired) electrons. The molecule has 2 aromatic carbocycles. The summed E-state index contributed by atoms with van der Waals surface area (Å²) in [5.41, 5.74) is -2.46. The van der Waals surface area contributed by atoms with Crippen LogP contribution in [0, 0.1) is 0 Å². The van der Waals surface area contributed by atoms with Crippen molar-refractivity contribution in [2.75, 3.05) is 11.4 Å². The zero-order valence-electron chi connectivity index (χ0n) is 22.5. The maximum atomic E-state index is 14.0. The van der Waals surface area contributed by atoms with Crippen LogP contribution in [0.1, 0.15) is 68.9 Å². The van der Waals surface area contributed by atoms with Gasteiger partial charge in [0.25, 0.3) is 11.8 Å². The molecule has 1 saturated carbocycles. The summed E-state index contributed by atoms with van der Waals surface area (Å²) < 4.78 is 109. The van der Waals surface area contributed by atoms with Gasteiger partial charge >= 0.3 is 12.4 Å². The number of rotatable bonds is 8. The lowest BCUT2D eigenvalue weighted by atomic mass is 10.0. The van der Waals surface area contributed by atoms with E-state index in [0.29, 0.717) is 18.4 Å². The number of aromatic nitrogens is 2. The third-order valence-electron chi connectivity index (χ3n) is 7.15. The Morgan fingerprint density at radius 1 is 0.977 bits per heavy atom. The third kappa shape index (κ3) is 6.48. The third-order valence-corrected chi connectivity index (χ3v) is 8.97. The van der Waals surface area contributed by atoms with Gasteiger partial charge in [-0.05, 0) is 55.2 Å². The fourth-order valence-corrected chi connectivity index (χ4v) is 6.10. The van der Waals surface area contributed by atoms with Gasteiger partial charge in [-0.15, -0.1) is 0 Å². The molecule has 230 valence electrons. The molecule has 0 saturated heterocycles. The summed E-state index contributed by atoms with van der Waals surface area (Å²) in [4.78, 5) is 27.0. The van der Waals surface area contributed by atoms with Crippen LogP contribution in [0.15, 0.2) is 48.5 Å². The number of alkyl halides is 6. The van der Waals surface area contributed by atoms with Crippen LogP contribution in [0.4, 0.5) is 32.2 Å². The molecule has 1 unspecified atom stereocenters. The van der Waals surface area contributed by atoms with Gasteiger partial charge in [-0.1, -0.05) is 24.3 Å².